The Kier molecular flexibility index (Phi) is 4.69. The number of aromatic nitrogens is 3. The van der Waals surface area contributed by atoms with Gasteiger partial charge in [-0.25, -0.2) is 4.98 Å². The monoisotopic (exact) mass is 284 g/mol. The van der Waals surface area contributed by atoms with Crippen molar-refractivity contribution in [1.82, 2.24) is 20.1 Å². The van der Waals surface area contributed by atoms with E-state index >= 15 is 0 Å². The molecule has 21 heavy (non-hydrogen) atoms. The first-order valence-electron chi connectivity index (χ1n) is 6.43. The molecule has 2 N–H and O–H groups in total. The van der Waals surface area contributed by atoms with Crippen molar-refractivity contribution in [3.05, 3.63) is 47.0 Å². The number of carbonyl (C=O) groups is 1. The van der Waals surface area contributed by atoms with Crippen molar-refractivity contribution in [2.75, 3.05) is 6.61 Å². The van der Waals surface area contributed by atoms with Gasteiger partial charge in [-0.1, -0.05) is 17.9 Å². The molecule has 1 heterocycles. The van der Waals surface area contributed by atoms with Crippen LogP contribution in [0, 0.1) is 18.8 Å². The van der Waals surface area contributed by atoms with E-state index in [1.807, 2.05) is 19.1 Å². The van der Waals surface area contributed by atoms with E-state index in [1.165, 1.54) is 0 Å². The summed E-state index contributed by atoms with van der Waals surface area (Å²) in [5.41, 5.74) is 2.10. The van der Waals surface area contributed by atoms with Crippen LogP contribution in [-0.2, 0) is 13.6 Å². The number of aryl methyl sites for hydroxylation is 2. The molecule has 6 nitrogen and oxygen atoms in total. The van der Waals surface area contributed by atoms with Crippen molar-refractivity contribution in [2.24, 2.45) is 7.05 Å². The summed E-state index contributed by atoms with van der Waals surface area (Å²) >= 11 is 0. The first-order chi connectivity index (χ1) is 10.1. The predicted octanol–water partition coefficient (Wildman–Crippen LogP) is 0.397. The highest BCUT2D eigenvalue weighted by molar-refractivity contribution is 5.95. The van der Waals surface area contributed by atoms with Gasteiger partial charge in [0.15, 0.2) is 5.82 Å². The highest BCUT2D eigenvalue weighted by Gasteiger charge is 2.10. The Morgan fingerprint density at radius 1 is 1.48 bits per heavy atom. The SMILES string of the molecule is Cc1ccc(C#CCO)cc1C(=O)NCc1ncn(C)n1. The fourth-order valence-electron chi connectivity index (χ4n) is 1.81. The van der Waals surface area contributed by atoms with Gasteiger partial charge < -0.3 is 10.4 Å². The van der Waals surface area contributed by atoms with E-state index in [4.69, 9.17) is 5.11 Å². The first kappa shape index (κ1) is 14.8. The van der Waals surface area contributed by atoms with Crippen LogP contribution >= 0.6 is 0 Å². The van der Waals surface area contributed by atoms with Gasteiger partial charge >= 0.3 is 0 Å². The average molecular weight is 284 g/mol. The van der Waals surface area contributed by atoms with Gasteiger partial charge in [0.2, 0.25) is 0 Å². The number of nitrogens with zero attached hydrogens (tertiary/aromatic N) is 3. The van der Waals surface area contributed by atoms with Crippen molar-refractivity contribution < 1.29 is 9.90 Å². The molecule has 0 saturated carbocycles. The Morgan fingerprint density at radius 3 is 2.95 bits per heavy atom. The second kappa shape index (κ2) is 6.68. The minimum Gasteiger partial charge on any atom is -0.384 e. The van der Waals surface area contributed by atoms with Gasteiger partial charge in [0, 0.05) is 18.2 Å². The van der Waals surface area contributed by atoms with E-state index < -0.39 is 0 Å². The Bertz CT molecular complexity index is 710. The zero-order valence-electron chi connectivity index (χ0n) is 11.9. The maximum Gasteiger partial charge on any atom is 0.251 e. The van der Waals surface area contributed by atoms with Crippen LogP contribution in [0.3, 0.4) is 0 Å². The van der Waals surface area contributed by atoms with E-state index in [9.17, 15) is 4.79 Å². The second-order valence-electron chi connectivity index (χ2n) is 4.51. The van der Waals surface area contributed by atoms with Crippen LogP contribution in [0.15, 0.2) is 24.5 Å². The Hall–Kier alpha value is -2.65. The predicted molar refractivity (Wildman–Crippen MR) is 77.3 cm³/mol. The largest absolute Gasteiger partial charge is 0.384 e. The van der Waals surface area contributed by atoms with Crippen molar-refractivity contribution >= 4 is 5.91 Å². The molecule has 1 amide bonds. The zero-order valence-corrected chi connectivity index (χ0v) is 11.9. The van der Waals surface area contributed by atoms with E-state index in [2.05, 4.69) is 27.2 Å². The summed E-state index contributed by atoms with van der Waals surface area (Å²) in [6, 6.07) is 5.35. The van der Waals surface area contributed by atoms with Crippen molar-refractivity contribution in [3.63, 3.8) is 0 Å². The molecular formula is C15H16N4O2. The van der Waals surface area contributed by atoms with Gasteiger partial charge in [-0.2, -0.15) is 5.10 Å². The number of rotatable bonds is 3. The topological polar surface area (TPSA) is 80.0 Å². The summed E-state index contributed by atoms with van der Waals surface area (Å²) in [5.74, 6) is 5.70. The molecule has 1 aromatic carbocycles. The number of aliphatic hydroxyl groups excluding tert-OH is 1. The Labute approximate surface area is 122 Å². The molecule has 0 aliphatic heterocycles. The van der Waals surface area contributed by atoms with Crippen molar-refractivity contribution in [2.45, 2.75) is 13.5 Å². The smallest absolute Gasteiger partial charge is 0.251 e. The van der Waals surface area contributed by atoms with E-state index in [1.54, 1.807) is 24.1 Å². The molecule has 2 rings (SSSR count). The van der Waals surface area contributed by atoms with Gasteiger partial charge in [0.25, 0.3) is 5.91 Å². The molecule has 0 bridgehead atoms. The number of nitrogens with one attached hydrogen (secondary N) is 1. The number of hydrogen-bond donors (Lipinski definition) is 2. The molecule has 0 aliphatic rings. The molecule has 0 radical (unpaired) electrons. The summed E-state index contributed by atoms with van der Waals surface area (Å²) in [5, 5.41) is 15.6. The molecule has 0 saturated heterocycles. The molecule has 0 aliphatic carbocycles. The van der Waals surface area contributed by atoms with Crippen molar-refractivity contribution in [1.29, 1.82) is 0 Å². The molecule has 0 atom stereocenters. The van der Waals surface area contributed by atoms with Crippen LogP contribution in [0.1, 0.15) is 27.3 Å². The normalized spacial score (nSPS) is 9.86. The minimum absolute atomic E-state index is 0.201. The van der Waals surface area contributed by atoms with Crippen LogP contribution in [0.2, 0.25) is 0 Å². The third-order valence-corrected chi connectivity index (χ3v) is 2.85. The van der Waals surface area contributed by atoms with Crippen LogP contribution in [0.25, 0.3) is 0 Å². The molecule has 108 valence electrons. The molecule has 2 aromatic rings. The van der Waals surface area contributed by atoms with Gasteiger partial charge in [-0.15, -0.1) is 0 Å². The molecule has 0 spiro atoms. The highest BCUT2D eigenvalue weighted by Crippen LogP contribution is 2.10. The minimum atomic E-state index is -0.208. The van der Waals surface area contributed by atoms with Crippen LogP contribution < -0.4 is 5.32 Å². The molecule has 6 heteroatoms. The molecule has 0 fully saturated rings. The summed E-state index contributed by atoms with van der Waals surface area (Å²) in [4.78, 5) is 16.2. The quantitative estimate of drug-likeness (QED) is 0.799. The molecule has 0 unspecified atom stereocenters. The van der Waals surface area contributed by atoms with Gasteiger partial charge in [-0.05, 0) is 24.6 Å². The standard InChI is InChI=1S/C15H16N4O2/c1-11-5-6-12(4-3-7-20)8-13(11)15(21)16-9-14-17-10-19(2)18-14/h5-6,8,10,20H,7,9H2,1-2H3,(H,16,21). The maximum absolute atomic E-state index is 12.2. The summed E-state index contributed by atoms with van der Waals surface area (Å²) in [7, 11) is 1.77. The third-order valence-electron chi connectivity index (χ3n) is 2.85. The summed E-state index contributed by atoms with van der Waals surface area (Å²) in [6.07, 6.45) is 1.58. The van der Waals surface area contributed by atoms with E-state index in [0.717, 1.165) is 5.56 Å². The van der Waals surface area contributed by atoms with Gasteiger partial charge in [0.1, 0.15) is 12.9 Å². The number of benzene rings is 1. The lowest BCUT2D eigenvalue weighted by Crippen LogP contribution is -2.24. The number of amides is 1. The average Bonchev–Trinajstić information content (AvgIpc) is 2.89. The number of aliphatic hydroxyl groups is 1. The molecular weight excluding hydrogens is 268 g/mol. The fraction of sp³-hybridized carbons (Fsp3) is 0.267. The van der Waals surface area contributed by atoms with Crippen LogP contribution in [-0.4, -0.2) is 32.4 Å². The lowest BCUT2D eigenvalue weighted by atomic mass is 10.0. The van der Waals surface area contributed by atoms with Gasteiger partial charge in [0.05, 0.1) is 6.54 Å². The van der Waals surface area contributed by atoms with Crippen LogP contribution in [0.5, 0.6) is 0 Å². The van der Waals surface area contributed by atoms with Crippen molar-refractivity contribution in [3.8, 4) is 11.8 Å². The second-order valence-corrected chi connectivity index (χ2v) is 4.51. The Morgan fingerprint density at radius 2 is 2.29 bits per heavy atom. The third kappa shape index (κ3) is 3.91. The lowest BCUT2D eigenvalue weighted by Gasteiger charge is -2.06. The number of carbonyl (C=O) groups excluding carboxylic acids is 1. The summed E-state index contributed by atoms with van der Waals surface area (Å²) in [6.45, 7) is 1.92. The molecule has 1 aromatic heterocycles. The first-order valence-corrected chi connectivity index (χ1v) is 6.43. The zero-order chi connectivity index (χ0) is 15.2. The maximum atomic E-state index is 12.2. The fourth-order valence-corrected chi connectivity index (χ4v) is 1.81. The lowest BCUT2D eigenvalue weighted by molar-refractivity contribution is 0.0949. The Balaban J connectivity index is 2.10. The van der Waals surface area contributed by atoms with Gasteiger partial charge in [-0.3, -0.25) is 9.48 Å². The summed E-state index contributed by atoms with van der Waals surface area (Å²) < 4.78 is 1.58. The van der Waals surface area contributed by atoms with E-state index in [-0.39, 0.29) is 19.1 Å². The highest BCUT2D eigenvalue weighted by atomic mass is 16.2. The van der Waals surface area contributed by atoms with Crippen LogP contribution in [0.4, 0.5) is 0 Å². The van der Waals surface area contributed by atoms with E-state index in [0.29, 0.717) is 17.0 Å². The number of hydrogen-bond acceptors (Lipinski definition) is 4.